The van der Waals surface area contributed by atoms with Gasteiger partial charge in [0.05, 0.1) is 14.8 Å². The lowest BCUT2D eigenvalue weighted by Gasteiger charge is -2.22. The third kappa shape index (κ3) is 2.22. The molecule has 6 heteroatoms. The van der Waals surface area contributed by atoms with Gasteiger partial charge in [-0.1, -0.05) is 6.42 Å². The van der Waals surface area contributed by atoms with Crippen molar-refractivity contribution in [3.63, 3.8) is 0 Å². The highest BCUT2D eigenvalue weighted by Crippen LogP contribution is 2.41. The zero-order valence-corrected chi connectivity index (χ0v) is 11.4. The van der Waals surface area contributed by atoms with Crippen molar-refractivity contribution in [2.45, 2.75) is 25.2 Å². The molecule has 0 aliphatic heterocycles. The maximum Gasteiger partial charge on any atom is 0.270 e. The quantitative estimate of drug-likeness (QED) is 0.487. The van der Waals surface area contributed by atoms with Crippen LogP contribution in [-0.2, 0) is 0 Å². The Kier molecular flexibility index (Phi) is 3.31. The summed E-state index contributed by atoms with van der Waals surface area (Å²) >= 11 is 1.57. The van der Waals surface area contributed by atoms with Crippen molar-refractivity contribution in [2.75, 3.05) is 0 Å². The molecule has 0 radical (unpaired) electrons. The van der Waals surface area contributed by atoms with Crippen LogP contribution >= 0.6 is 11.3 Å². The van der Waals surface area contributed by atoms with Crippen molar-refractivity contribution in [1.82, 2.24) is 4.98 Å². The van der Waals surface area contributed by atoms with E-state index in [-0.39, 0.29) is 5.69 Å². The number of non-ortho nitro benzene ring substituents is 1. The maximum atomic E-state index is 11.1. The molecule has 0 atom stereocenters. The predicted octanol–water partition coefficient (Wildman–Crippen LogP) is 3.80. The van der Waals surface area contributed by atoms with E-state index in [4.69, 9.17) is 0 Å². The van der Waals surface area contributed by atoms with Crippen molar-refractivity contribution in [3.05, 3.63) is 45.1 Å². The molecule has 3 rings (SSSR count). The summed E-state index contributed by atoms with van der Waals surface area (Å²) < 4.78 is 0. The van der Waals surface area contributed by atoms with E-state index >= 15 is 0 Å². The first kappa shape index (κ1) is 12.9. The summed E-state index contributed by atoms with van der Waals surface area (Å²) in [5.74, 6) is 0.548. The number of hydrogen-bond donors (Lipinski definition) is 0. The monoisotopic (exact) mass is 288 g/mol. The van der Waals surface area contributed by atoms with Gasteiger partial charge in [0.25, 0.3) is 5.69 Å². The fourth-order valence-electron chi connectivity index (χ4n) is 2.24. The minimum absolute atomic E-state index is 0.0698. The van der Waals surface area contributed by atoms with Gasteiger partial charge in [-0.25, -0.2) is 4.98 Å². The number of benzene rings is 1. The van der Waals surface area contributed by atoms with Gasteiger partial charge in [-0.05, 0) is 18.9 Å². The fourth-order valence-corrected chi connectivity index (χ4v) is 3.38. The second kappa shape index (κ2) is 5.13. The summed E-state index contributed by atoms with van der Waals surface area (Å²) in [5, 5.41) is 11.8. The highest BCUT2D eigenvalue weighted by atomic mass is 32.1. The van der Waals surface area contributed by atoms with Crippen LogP contribution < -0.4 is 0 Å². The van der Waals surface area contributed by atoms with Gasteiger partial charge >= 0.3 is 0 Å². The molecule has 0 N–H and O–H groups in total. The Morgan fingerprint density at radius 1 is 1.40 bits per heavy atom. The van der Waals surface area contributed by atoms with Crippen molar-refractivity contribution < 1.29 is 9.72 Å². The van der Waals surface area contributed by atoms with Gasteiger partial charge in [0.15, 0.2) is 6.29 Å². The first-order valence-electron chi connectivity index (χ1n) is 6.39. The lowest BCUT2D eigenvalue weighted by atomic mass is 9.86. The standard InChI is InChI=1S/C14H12N2O3S/c17-8-10-6-11(16(18)19)4-5-12(10)13-7-15-14(20-13)9-2-1-3-9/h4-9H,1-3H2. The summed E-state index contributed by atoms with van der Waals surface area (Å²) in [5.41, 5.74) is 0.983. The molecular formula is C14H12N2O3S. The predicted molar refractivity (Wildman–Crippen MR) is 76.2 cm³/mol. The summed E-state index contributed by atoms with van der Waals surface area (Å²) in [4.78, 5) is 26.7. The van der Waals surface area contributed by atoms with Crippen LogP contribution in [-0.4, -0.2) is 16.2 Å². The van der Waals surface area contributed by atoms with E-state index in [9.17, 15) is 14.9 Å². The summed E-state index contributed by atoms with van der Waals surface area (Å²) in [7, 11) is 0. The Morgan fingerprint density at radius 3 is 2.80 bits per heavy atom. The van der Waals surface area contributed by atoms with Crippen LogP contribution in [0.2, 0.25) is 0 Å². The lowest BCUT2D eigenvalue weighted by Crippen LogP contribution is -2.07. The second-order valence-corrected chi connectivity index (χ2v) is 5.90. The van der Waals surface area contributed by atoms with Crippen LogP contribution in [0.1, 0.15) is 40.5 Å². The normalized spacial score (nSPS) is 14.8. The smallest absolute Gasteiger partial charge is 0.270 e. The van der Waals surface area contributed by atoms with Crippen LogP contribution in [0, 0.1) is 10.1 Å². The number of hydrogen-bond acceptors (Lipinski definition) is 5. The molecule has 1 saturated carbocycles. The molecule has 0 spiro atoms. The van der Waals surface area contributed by atoms with Gasteiger partial charge in [0.2, 0.25) is 0 Å². The number of aldehydes is 1. The van der Waals surface area contributed by atoms with E-state index in [1.54, 1.807) is 23.6 Å². The Bertz CT molecular complexity index is 677. The molecule has 0 bridgehead atoms. The van der Waals surface area contributed by atoms with Gasteiger partial charge in [0.1, 0.15) is 0 Å². The topological polar surface area (TPSA) is 73.1 Å². The summed E-state index contributed by atoms with van der Waals surface area (Å²) in [6.07, 6.45) is 6.01. The van der Waals surface area contributed by atoms with Gasteiger partial charge in [-0.3, -0.25) is 14.9 Å². The molecule has 1 aliphatic carbocycles. The van der Waals surface area contributed by atoms with Gasteiger partial charge in [-0.2, -0.15) is 0 Å². The molecule has 20 heavy (non-hydrogen) atoms. The third-order valence-corrected chi connectivity index (χ3v) is 4.81. The molecule has 1 heterocycles. The molecule has 1 aromatic heterocycles. The van der Waals surface area contributed by atoms with Gasteiger partial charge < -0.3 is 0 Å². The lowest BCUT2D eigenvalue weighted by molar-refractivity contribution is -0.384. The minimum atomic E-state index is -0.497. The highest BCUT2D eigenvalue weighted by Gasteiger charge is 2.23. The van der Waals surface area contributed by atoms with E-state index in [0.717, 1.165) is 9.88 Å². The van der Waals surface area contributed by atoms with Gasteiger partial charge in [0, 0.05) is 35.4 Å². The van der Waals surface area contributed by atoms with E-state index in [2.05, 4.69) is 4.98 Å². The Balaban J connectivity index is 1.98. The highest BCUT2D eigenvalue weighted by molar-refractivity contribution is 7.15. The van der Waals surface area contributed by atoms with Crippen molar-refractivity contribution in [1.29, 1.82) is 0 Å². The molecule has 0 saturated heterocycles. The molecular weight excluding hydrogens is 276 g/mol. The molecule has 102 valence electrons. The zero-order valence-electron chi connectivity index (χ0n) is 10.6. The molecule has 1 aliphatic rings. The summed E-state index contributed by atoms with van der Waals surface area (Å²) in [6.45, 7) is 0. The number of rotatable bonds is 4. The Labute approximate surface area is 119 Å². The average Bonchev–Trinajstić information content (AvgIpc) is 2.85. The van der Waals surface area contributed by atoms with Crippen molar-refractivity contribution in [2.24, 2.45) is 0 Å². The van der Waals surface area contributed by atoms with Crippen molar-refractivity contribution >= 4 is 23.3 Å². The molecule has 0 unspecified atom stereocenters. The minimum Gasteiger partial charge on any atom is -0.298 e. The Morgan fingerprint density at radius 2 is 2.20 bits per heavy atom. The second-order valence-electron chi connectivity index (χ2n) is 4.84. The van der Waals surface area contributed by atoms with Crippen LogP contribution in [0.4, 0.5) is 5.69 Å². The fraction of sp³-hybridized carbons (Fsp3) is 0.286. The Hall–Kier alpha value is -2.08. The molecule has 2 aromatic rings. The van der Waals surface area contributed by atoms with Crippen LogP contribution in [0.15, 0.2) is 24.4 Å². The zero-order chi connectivity index (χ0) is 14.1. The van der Waals surface area contributed by atoms with Crippen LogP contribution in [0.5, 0.6) is 0 Å². The van der Waals surface area contributed by atoms with E-state index in [0.29, 0.717) is 23.3 Å². The number of carbonyl (C=O) groups excluding carboxylic acids is 1. The number of nitro benzene ring substituents is 1. The molecule has 5 nitrogen and oxygen atoms in total. The molecule has 1 fully saturated rings. The van der Waals surface area contributed by atoms with E-state index in [1.165, 1.54) is 31.4 Å². The largest absolute Gasteiger partial charge is 0.298 e. The van der Waals surface area contributed by atoms with Crippen LogP contribution in [0.25, 0.3) is 10.4 Å². The van der Waals surface area contributed by atoms with E-state index in [1.807, 2.05) is 0 Å². The van der Waals surface area contributed by atoms with Crippen LogP contribution in [0.3, 0.4) is 0 Å². The molecule has 1 aromatic carbocycles. The number of carbonyl (C=O) groups is 1. The number of aromatic nitrogens is 1. The van der Waals surface area contributed by atoms with Crippen molar-refractivity contribution in [3.8, 4) is 10.4 Å². The first-order chi connectivity index (χ1) is 9.69. The summed E-state index contributed by atoms with van der Waals surface area (Å²) in [6, 6.07) is 4.36. The van der Waals surface area contributed by atoms with Gasteiger partial charge in [-0.15, -0.1) is 11.3 Å². The maximum absolute atomic E-state index is 11.1. The molecule has 0 amide bonds. The van der Waals surface area contributed by atoms with E-state index < -0.39 is 4.92 Å². The number of thiazole rings is 1. The average molecular weight is 288 g/mol. The number of nitro groups is 1. The number of nitrogens with zero attached hydrogens (tertiary/aromatic N) is 2. The first-order valence-corrected chi connectivity index (χ1v) is 7.20. The third-order valence-electron chi connectivity index (χ3n) is 3.62. The SMILES string of the molecule is O=Cc1cc([N+](=O)[O-])ccc1-c1cnc(C2CCC2)s1.